The van der Waals surface area contributed by atoms with Gasteiger partial charge in [0.05, 0.1) is 0 Å². The summed E-state index contributed by atoms with van der Waals surface area (Å²) < 4.78 is 3.80. The van der Waals surface area contributed by atoms with Crippen molar-refractivity contribution >= 4 is 34.9 Å². The minimum atomic E-state index is -0.865. The number of aromatic nitrogens is 2. The number of carbonyl (C=O) groups is 2. The molecular weight excluding hydrogens is 420 g/mol. The van der Waals surface area contributed by atoms with E-state index in [9.17, 15) is 9.59 Å². The fourth-order valence-electron chi connectivity index (χ4n) is 3.04. The van der Waals surface area contributed by atoms with Crippen molar-refractivity contribution in [3.63, 3.8) is 0 Å². The summed E-state index contributed by atoms with van der Waals surface area (Å²) >= 11 is 7.46. The van der Waals surface area contributed by atoms with Crippen LogP contribution in [0, 0.1) is 0 Å². The molecular formula is C22H23ClN4O2S. The molecule has 1 aromatic heterocycles. The van der Waals surface area contributed by atoms with Gasteiger partial charge in [-0.05, 0) is 49.5 Å². The van der Waals surface area contributed by atoms with Gasteiger partial charge in [0.1, 0.15) is 6.04 Å². The molecule has 1 unspecified atom stereocenters. The van der Waals surface area contributed by atoms with Crippen LogP contribution < -0.4 is 5.32 Å². The van der Waals surface area contributed by atoms with Crippen LogP contribution in [0.25, 0.3) is 0 Å². The Kier molecular flexibility index (Phi) is 6.84. The lowest BCUT2D eigenvalue weighted by atomic mass is 10.0. The second-order valence-corrected chi connectivity index (χ2v) is 8.88. The highest BCUT2D eigenvalue weighted by Crippen LogP contribution is 2.28. The topological polar surface area (TPSA) is 75.2 Å². The zero-order valence-corrected chi connectivity index (χ0v) is 18.6. The number of rotatable bonds is 6. The molecule has 0 saturated carbocycles. The van der Waals surface area contributed by atoms with Crippen molar-refractivity contribution in [1.29, 1.82) is 0 Å². The van der Waals surface area contributed by atoms with Gasteiger partial charge in [-0.25, -0.2) is 0 Å². The van der Waals surface area contributed by atoms with Crippen molar-refractivity contribution in [3.05, 3.63) is 81.8 Å². The van der Waals surface area contributed by atoms with E-state index in [-0.39, 0.29) is 24.1 Å². The SMILES string of the molecule is CC(C)(C)NC(=O)C(c1ccccc1)N(Cc1ccccc1Cl)C(=O)c1csnn1. The fraction of sp³-hybridized carbons (Fsp3) is 0.273. The Morgan fingerprint density at radius 3 is 2.37 bits per heavy atom. The smallest absolute Gasteiger partial charge is 0.276 e. The molecule has 3 aromatic rings. The van der Waals surface area contributed by atoms with Crippen LogP contribution >= 0.6 is 23.1 Å². The maximum Gasteiger partial charge on any atom is 0.276 e. The molecule has 0 radical (unpaired) electrons. The van der Waals surface area contributed by atoms with Crippen molar-refractivity contribution in [2.45, 2.75) is 38.9 Å². The monoisotopic (exact) mass is 442 g/mol. The highest BCUT2D eigenvalue weighted by molar-refractivity contribution is 7.03. The maximum atomic E-state index is 13.4. The first-order chi connectivity index (χ1) is 14.3. The zero-order valence-electron chi connectivity index (χ0n) is 17.0. The van der Waals surface area contributed by atoms with E-state index in [0.29, 0.717) is 10.6 Å². The Balaban J connectivity index is 2.09. The third kappa shape index (κ3) is 5.43. The van der Waals surface area contributed by atoms with E-state index in [2.05, 4.69) is 14.9 Å². The number of halogens is 1. The first-order valence-electron chi connectivity index (χ1n) is 9.44. The second-order valence-electron chi connectivity index (χ2n) is 7.87. The van der Waals surface area contributed by atoms with Gasteiger partial charge in [0.15, 0.2) is 5.69 Å². The minimum absolute atomic E-state index is 0.146. The van der Waals surface area contributed by atoms with Crippen LogP contribution in [0.2, 0.25) is 5.02 Å². The highest BCUT2D eigenvalue weighted by Gasteiger charge is 2.34. The summed E-state index contributed by atoms with van der Waals surface area (Å²) in [6.07, 6.45) is 0. The Morgan fingerprint density at radius 1 is 1.10 bits per heavy atom. The van der Waals surface area contributed by atoms with Crippen LogP contribution in [0.3, 0.4) is 0 Å². The summed E-state index contributed by atoms with van der Waals surface area (Å²) in [5, 5.41) is 9.02. The maximum absolute atomic E-state index is 13.4. The number of benzene rings is 2. The van der Waals surface area contributed by atoms with Crippen molar-refractivity contribution in [1.82, 2.24) is 19.8 Å². The Bertz CT molecular complexity index is 1000. The number of hydrogen-bond donors (Lipinski definition) is 1. The summed E-state index contributed by atoms with van der Waals surface area (Å²) in [4.78, 5) is 28.3. The van der Waals surface area contributed by atoms with Crippen LogP contribution in [0.5, 0.6) is 0 Å². The quantitative estimate of drug-likeness (QED) is 0.610. The molecule has 0 spiro atoms. The van der Waals surface area contributed by atoms with Gasteiger partial charge in [-0.3, -0.25) is 9.59 Å². The average molecular weight is 443 g/mol. The molecule has 30 heavy (non-hydrogen) atoms. The highest BCUT2D eigenvalue weighted by atomic mass is 35.5. The number of carbonyl (C=O) groups excluding carboxylic acids is 2. The number of nitrogens with zero attached hydrogens (tertiary/aromatic N) is 3. The Morgan fingerprint density at radius 2 is 1.77 bits per heavy atom. The molecule has 156 valence electrons. The summed E-state index contributed by atoms with van der Waals surface area (Å²) in [6.45, 7) is 5.85. The van der Waals surface area contributed by atoms with Gasteiger partial charge in [-0.2, -0.15) is 0 Å². The van der Waals surface area contributed by atoms with E-state index < -0.39 is 11.6 Å². The van der Waals surface area contributed by atoms with E-state index in [4.69, 9.17) is 11.6 Å². The summed E-state index contributed by atoms with van der Waals surface area (Å²) in [7, 11) is 0. The van der Waals surface area contributed by atoms with Crippen molar-refractivity contribution in [2.75, 3.05) is 0 Å². The largest absolute Gasteiger partial charge is 0.349 e. The molecule has 2 amide bonds. The van der Waals surface area contributed by atoms with Crippen LogP contribution in [-0.4, -0.2) is 31.8 Å². The molecule has 1 heterocycles. The summed E-state index contributed by atoms with van der Waals surface area (Å²) in [5.74, 6) is -0.668. The van der Waals surface area contributed by atoms with E-state index >= 15 is 0 Å². The molecule has 1 N–H and O–H groups in total. The molecule has 1 atom stereocenters. The Hall–Kier alpha value is -2.77. The molecule has 0 saturated heterocycles. The summed E-state index contributed by atoms with van der Waals surface area (Å²) in [5.41, 5.74) is 1.16. The van der Waals surface area contributed by atoms with Crippen molar-refractivity contribution in [3.8, 4) is 0 Å². The van der Waals surface area contributed by atoms with Crippen molar-refractivity contribution in [2.24, 2.45) is 0 Å². The summed E-state index contributed by atoms with van der Waals surface area (Å²) in [6, 6.07) is 15.6. The third-order valence-electron chi connectivity index (χ3n) is 4.31. The average Bonchev–Trinajstić information content (AvgIpc) is 3.23. The molecule has 0 fully saturated rings. The Labute approximate surface area is 185 Å². The molecule has 0 aliphatic rings. The van der Waals surface area contributed by atoms with E-state index in [1.165, 1.54) is 4.90 Å². The lowest BCUT2D eigenvalue weighted by Gasteiger charge is -2.33. The second kappa shape index (κ2) is 9.36. The molecule has 6 nitrogen and oxygen atoms in total. The third-order valence-corrected chi connectivity index (χ3v) is 5.19. The lowest BCUT2D eigenvalue weighted by molar-refractivity contribution is -0.127. The van der Waals surface area contributed by atoms with Crippen LogP contribution in [0.1, 0.15) is 48.4 Å². The van der Waals surface area contributed by atoms with Crippen LogP contribution in [0.15, 0.2) is 60.0 Å². The predicted molar refractivity (Wildman–Crippen MR) is 118 cm³/mol. The number of hydrogen-bond acceptors (Lipinski definition) is 5. The molecule has 8 heteroatoms. The normalized spacial score (nSPS) is 12.3. The standard InChI is InChI=1S/C22H23ClN4O2S/c1-22(2,3)24-20(28)19(15-9-5-4-6-10-15)27(21(29)18-14-30-26-25-18)13-16-11-7-8-12-17(16)23/h4-12,14,19H,13H2,1-3H3,(H,24,28). The van der Waals surface area contributed by atoms with Crippen molar-refractivity contribution < 1.29 is 9.59 Å². The first kappa shape index (κ1) is 21.9. The molecule has 0 aliphatic carbocycles. The van der Waals surface area contributed by atoms with E-state index in [1.807, 2.05) is 69.3 Å². The molecule has 0 aliphatic heterocycles. The predicted octanol–water partition coefficient (Wildman–Crippen LogP) is 4.49. The van der Waals surface area contributed by atoms with Gasteiger partial charge in [0.2, 0.25) is 5.91 Å². The lowest BCUT2D eigenvalue weighted by Crippen LogP contribution is -2.49. The first-order valence-corrected chi connectivity index (χ1v) is 10.7. The van der Waals surface area contributed by atoms with Gasteiger partial charge in [-0.15, -0.1) is 5.10 Å². The van der Waals surface area contributed by atoms with Crippen LogP contribution in [0.4, 0.5) is 0 Å². The zero-order chi connectivity index (χ0) is 21.7. The van der Waals surface area contributed by atoms with Crippen LogP contribution in [-0.2, 0) is 11.3 Å². The molecule has 0 bridgehead atoms. The van der Waals surface area contributed by atoms with Gasteiger partial charge in [0.25, 0.3) is 5.91 Å². The fourth-order valence-corrected chi connectivity index (χ4v) is 3.67. The van der Waals surface area contributed by atoms with Gasteiger partial charge >= 0.3 is 0 Å². The van der Waals surface area contributed by atoms with Gasteiger partial charge in [-0.1, -0.05) is 64.6 Å². The van der Waals surface area contributed by atoms with Gasteiger partial charge < -0.3 is 10.2 Å². The van der Waals surface area contributed by atoms with E-state index in [0.717, 1.165) is 17.1 Å². The minimum Gasteiger partial charge on any atom is -0.349 e. The van der Waals surface area contributed by atoms with E-state index in [1.54, 1.807) is 11.4 Å². The van der Waals surface area contributed by atoms with Gasteiger partial charge in [0, 0.05) is 22.5 Å². The number of amides is 2. The molecule has 3 rings (SSSR count). The molecule has 2 aromatic carbocycles. The number of nitrogens with one attached hydrogen (secondary N) is 1.